The second-order valence-corrected chi connectivity index (χ2v) is 15.1. The number of rotatable bonds is 14. The lowest BCUT2D eigenvalue weighted by Crippen LogP contribution is -2.65. The van der Waals surface area contributed by atoms with Gasteiger partial charge in [-0.25, -0.2) is 19.2 Å². The highest BCUT2D eigenvalue weighted by Crippen LogP contribution is 2.52. The predicted octanol–water partition coefficient (Wildman–Crippen LogP) is 4.90. The number of alkyl carbamates (subject to hydrolysis) is 1. The van der Waals surface area contributed by atoms with Crippen molar-refractivity contribution < 1.29 is 28.2 Å². The first-order valence-corrected chi connectivity index (χ1v) is 19.0. The number of nitrogens with one attached hydrogen (secondary N) is 1. The first kappa shape index (κ1) is 36.8. The number of carbonyl (C=O) groups excluding carboxylic acids is 2. The van der Waals surface area contributed by atoms with Crippen LogP contribution in [0.15, 0.2) is 43.0 Å². The molecule has 3 aromatic rings. The number of halogens is 1. The van der Waals surface area contributed by atoms with E-state index >= 15 is 0 Å². The highest BCUT2D eigenvalue weighted by molar-refractivity contribution is 5.97. The van der Waals surface area contributed by atoms with Gasteiger partial charge in [-0.05, 0) is 84.3 Å². The van der Waals surface area contributed by atoms with Gasteiger partial charge in [0.1, 0.15) is 29.7 Å². The molecule has 14 heteroatoms. The van der Waals surface area contributed by atoms with E-state index in [4.69, 9.17) is 14.2 Å². The van der Waals surface area contributed by atoms with Crippen LogP contribution in [-0.2, 0) is 17.7 Å². The molecule has 1 N–H and O–H groups in total. The van der Waals surface area contributed by atoms with E-state index in [0.717, 1.165) is 89.5 Å². The van der Waals surface area contributed by atoms with Crippen molar-refractivity contribution in [2.75, 3.05) is 63.9 Å². The van der Waals surface area contributed by atoms with Crippen LogP contribution in [0.2, 0.25) is 0 Å². The molecule has 0 atom stereocenters. The topological polar surface area (TPSA) is 125 Å². The Bertz CT molecular complexity index is 1770. The maximum atomic E-state index is 14.3. The maximum absolute atomic E-state index is 14.3. The van der Waals surface area contributed by atoms with Crippen molar-refractivity contribution in [3.8, 4) is 17.2 Å². The van der Waals surface area contributed by atoms with Crippen LogP contribution in [0, 0.1) is 11.2 Å². The first-order chi connectivity index (χ1) is 25.6. The van der Waals surface area contributed by atoms with Crippen molar-refractivity contribution in [2.45, 2.75) is 78.1 Å². The predicted molar refractivity (Wildman–Crippen MR) is 197 cm³/mol. The summed E-state index contributed by atoms with van der Waals surface area (Å²) in [7, 11) is 0. The molecular formula is C39H51FN8O5. The number of carbonyl (C=O) groups is 2. The lowest BCUT2D eigenvalue weighted by Gasteiger charge is -2.59. The quantitative estimate of drug-likeness (QED) is 0.244. The number of benzene rings is 1. The molecule has 5 heterocycles. The van der Waals surface area contributed by atoms with E-state index in [9.17, 15) is 14.0 Å². The second-order valence-electron chi connectivity index (χ2n) is 15.1. The molecule has 7 rings (SSSR count). The molecule has 1 aromatic carbocycles. The van der Waals surface area contributed by atoms with Crippen molar-refractivity contribution in [1.82, 2.24) is 35.0 Å². The van der Waals surface area contributed by atoms with Gasteiger partial charge in [0, 0.05) is 81.1 Å². The Kier molecular flexibility index (Phi) is 11.0. The monoisotopic (exact) mass is 730 g/mol. The number of nitrogens with zero attached hydrogens (tertiary/aromatic N) is 7. The number of likely N-dealkylation sites (tertiary alicyclic amines) is 1. The van der Waals surface area contributed by atoms with Gasteiger partial charge in [0.15, 0.2) is 11.6 Å². The van der Waals surface area contributed by atoms with Crippen LogP contribution in [0.4, 0.5) is 15.0 Å². The van der Waals surface area contributed by atoms with Crippen molar-refractivity contribution in [1.29, 1.82) is 0 Å². The third-order valence-electron chi connectivity index (χ3n) is 10.9. The SMILES string of the molecule is CCOC(=O)NC1CN(CCCN2CCc3nccc(OC4CC5(C4)CN(c4ncncc4Oc4ccc(F)cc4C(=O)N(CC)C(C)C)C5)c3C2)C1. The van der Waals surface area contributed by atoms with Gasteiger partial charge in [0.2, 0.25) is 0 Å². The Labute approximate surface area is 310 Å². The molecule has 4 aliphatic rings. The van der Waals surface area contributed by atoms with Crippen LogP contribution in [0.25, 0.3) is 0 Å². The van der Waals surface area contributed by atoms with Gasteiger partial charge < -0.3 is 29.3 Å². The minimum Gasteiger partial charge on any atom is -0.490 e. The Morgan fingerprint density at radius 1 is 1.06 bits per heavy atom. The van der Waals surface area contributed by atoms with Crippen molar-refractivity contribution in [3.05, 3.63) is 65.6 Å². The van der Waals surface area contributed by atoms with Gasteiger partial charge >= 0.3 is 6.09 Å². The fourth-order valence-electron chi connectivity index (χ4n) is 8.20. The molecule has 2 amide bonds. The molecule has 3 fully saturated rings. The molecule has 0 unspecified atom stereocenters. The van der Waals surface area contributed by atoms with Crippen LogP contribution >= 0.6 is 0 Å². The zero-order valence-electron chi connectivity index (χ0n) is 31.2. The van der Waals surface area contributed by atoms with Crippen LogP contribution in [0.3, 0.4) is 0 Å². The van der Waals surface area contributed by atoms with Crippen LogP contribution < -0.4 is 19.7 Å². The molecule has 1 spiro atoms. The van der Waals surface area contributed by atoms with E-state index in [1.54, 1.807) is 11.1 Å². The molecule has 1 saturated carbocycles. The summed E-state index contributed by atoms with van der Waals surface area (Å²) < 4.78 is 32.2. The van der Waals surface area contributed by atoms with E-state index in [2.05, 4.69) is 35.0 Å². The molecule has 1 aliphatic carbocycles. The highest BCUT2D eigenvalue weighted by atomic mass is 19.1. The Morgan fingerprint density at radius 2 is 1.85 bits per heavy atom. The molecule has 284 valence electrons. The summed E-state index contributed by atoms with van der Waals surface area (Å²) in [5.74, 6) is 1.51. The van der Waals surface area contributed by atoms with Crippen molar-refractivity contribution >= 4 is 17.8 Å². The summed E-state index contributed by atoms with van der Waals surface area (Å²) in [6.45, 7) is 15.7. The van der Waals surface area contributed by atoms with Crippen molar-refractivity contribution in [2.24, 2.45) is 5.41 Å². The second kappa shape index (κ2) is 15.8. The summed E-state index contributed by atoms with van der Waals surface area (Å²) in [4.78, 5) is 47.2. The fourth-order valence-corrected chi connectivity index (χ4v) is 8.20. The molecule has 2 saturated heterocycles. The van der Waals surface area contributed by atoms with Crippen LogP contribution in [0.5, 0.6) is 17.2 Å². The fraction of sp³-hybridized carbons (Fsp3) is 0.564. The van der Waals surface area contributed by atoms with E-state index in [1.165, 1.54) is 30.1 Å². The largest absolute Gasteiger partial charge is 0.490 e. The van der Waals surface area contributed by atoms with Crippen molar-refractivity contribution in [3.63, 3.8) is 0 Å². The number of anilines is 1. The average molecular weight is 731 g/mol. The van der Waals surface area contributed by atoms with Crippen LogP contribution in [0.1, 0.15) is 68.6 Å². The molecule has 53 heavy (non-hydrogen) atoms. The number of pyridine rings is 1. The van der Waals surface area contributed by atoms with E-state index in [1.807, 2.05) is 40.0 Å². The number of amides is 2. The highest BCUT2D eigenvalue weighted by Gasteiger charge is 2.54. The number of aromatic nitrogens is 3. The van der Waals surface area contributed by atoms with E-state index in [-0.39, 0.29) is 46.9 Å². The molecule has 0 radical (unpaired) electrons. The van der Waals surface area contributed by atoms with Gasteiger partial charge in [0.25, 0.3) is 5.91 Å². The molecule has 2 aromatic heterocycles. The molecule has 13 nitrogen and oxygen atoms in total. The summed E-state index contributed by atoms with van der Waals surface area (Å²) in [6, 6.07) is 6.16. The third-order valence-corrected chi connectivity index (χ3v) is 10.9. The smallest absolute Gasteiger partial charge is 0.407 e. The minimum atomic E-state index is -0.499. The summed E-state index contributed by atoms with van der Waals surface area (Å²) in [5.41, 5.74) is 2.65. The standard InChI is InChI=1S/C39H51FN8O5/c1-5-48(26(3)4)37(49)30-16-27(40)8-9-33(30)53-35-19-41-25-43-36(35)47-23-39(24-47)17-29(18-39)52-34-10-12-42-32-11-15-45(22-31(32)34)13-7-14-46-20-28(21-46)44-38(50)51-6-2/h8-10,12,16,19,25-26,28-29H,5-7,11,13-15,17-18,20-24H2,1-4H3,(H,44,50). The Balaban J connectivity index is 0.902. The summed E-state index contributed by atoms with van der Waals surface area (Å²) in [6.07, 6.45) is 8.65. The molecule has 3 aliphatic heterocycles. The normalized spacial score (nSPS) is 18.5. The van der Waals surface area contributed by atoms with Gasteiger partial charge in [-0.2, -0.15) is 0 Å². The van der Waals surface area contributed by atoms with Gasteiger partial charge in [-0.1, -0.05) is 0 Å². The zero-order valence-corrected chi connectivity index (χ0v) is 31.2. The number of ether oxygens (including phenoxy) is 3. The van der Waals surface area contributed by atoms with Crippen LogP contribution in [-0.4, -0.2) is 119 Å². The first-order valence-electron chi connectivity index (χ1n) is 19.0. The number of hydrogen-bond acceptors (Lipinski definition) is 11. The minimum absolute atomic E-state index is 0.0460. The van der Waals surface area contributed by atoms with Gasteiger partial charge in [-0.3, -0.25) is 19.6 Å². The lowest BCUT2D eigenvalue weighted by atomic mass is 9.61. The Morgan fingerprint density at radius 3 is 2.60 bits per heavy atom. The van der Waals surface area contributed by atoms with Gasteiger partial charge in [0.05, 0.1) is 24.4 Å². The molecular weight excluding hydrogens is 679 g/mol. The summed E-state index contributed by atoms with van der Waals surface area (Å²) in [5, 5.41) is 2.91. The maximum Gasteiger partial charge on any atom is 0.407 e. The Hall–Kier alpha value is -4.56. The molecule has 0 bridgehead atoms. The number of fused-ring (bicyclic) bond motifs is 1. The summed E-state index contributed by atoms with van der Waals surface area (Å²) >= 11 is 0. The number of hydrogen-bond donors (Lipinski definition) is 1. The zero-order chi connectivity index (χ0) is 37.1. The van der Waals surface area contributed by atoms with E-state index < -0.39 is 5.82 Å². The van der Waals surface area contributed by atoms with Gasteiger partial charge in [-0.15, -0.1) is 0 Å². The third kappa shape index (κ3) is 8.18. The average Bonchev–Trinajstić information content (AvgIpc) is 3.09. The lowest BCUT2D eigenvalue weighted by molar-refractivity contribution is -0.0353. The van der Waals surface area contributed by atoms with E-state index in [0.29, 0.717) is 24.7 Å².